The van der Waals surface area contributed by atoms with Gasteiger partial charge in [0.1, 0.15) is 5.75 Å². The molecule has 0 aliphatic heterocycles. The molecule has 88 valence electrons. The van der Waals surface area contributed by atoms with E-state index in [4.69, 9.17) is 10.5 Å². The Labute approximate surface area is 97.8 Å². The molecule has 0 spiro atoms. The molecule has 1 aromatic rings. The Hall–Kier alpha value is -1.02. The molecule has 2 N–H and O–H groups in total. The molecule has 0 bridgehead atoms. The van der Waals surface area contributed by atoms with E-state index in [1.165, 1.54) is 36.0 Å². The fraction of sp³-hybridized carbons (Fsp3) is 0.571. The van der Waals surface area contributed by atoms with E-state index < -0.39 is 0 Å². The normalized spacial score (nSPS) is 13.9. The van der Waals surface area contributed by atoms with Gasteiger partial charge < -0.3 is 10.5 Å². The topological polar surface area (TPSA) is 35.2 Å². The molecule has 0 fully saturated rings. The molecule has 0 atom stereocenters. The van der Waals surface area contributed by atoms with Crippen LogP contribution in [0.25, 0.3) is 0 Å². The van der Waals surface area contributed by atoms with Crippen molar-refractivity contribution in [2.75, 3.05) is 13.2 Å². The van der Waals surface area contributed by atoms with Crippen LogP contribution in [0.1, 0.15) is 36.5 Å². The van der Waals surface area contributed by atoms with Gasteiger partial charge in [-0.1, -0.05) is 13.0 Å². The molecule has 1 aromatic carbocycles. The van der Waals surface area contributed by atoms with Gasteiger partial charge in [-0.25, -0.2) is 0 Å². The zero-order valence-electron chi connectivity index (χ0n) is 10.1. The van der Waals surface area contributed by atoms with Gasteiger partial charge >= 0.3 is 0 Å². The number of rotatable bonds is 5. The SMILES string of the molecule is CCCOc1cc2c(cc1CCN)CCC2. The van der Waals surface area contributed by atoms with Crippen molar-refractivity contribution in [3.63, 3.8) is 0 Å². The number of ether oxygens (including phenoxy) is 1. The Morgan fingerprint density at radius 1 is 1.25 bits per heavy atom. The number of benzene rings is 1. The van der Waals surface area contributed by atoms with E-state index in [-0.39, 0.29) is 0 Å². The first-order chi connectivity index (χ1) is 7.85. The lowest BCUT2D eigenvalue weighted by molar-refractivity contribution is 0.314. The van der Waals surface area contributed by atoms with E-state index in [9.17, 15) is 0 Å². The van der Waals surface area contributed by atoms with Crippen molar-refractivity contribution in [3.8, 4) is 5.75 Å². The summed E-state index contributed by atoms with van der Waals surface area (Å²) in [5.74, 6) is 1.06. The second kappa shape index (κ2) is 5.35. The minimum absolute atomic E-state index is 0.696. The third-order valence-electron chi connectivity index (χ3n) is 3.15. The van der Waals surface area contributed by atoms with E-state index in [1.807, 2.05) is 0 Å². The van der Waals surface area contributed by atoms with Gasteiger partial charge in [0.25, 0.3) is 0 Å². The summed E-state index contributed by atoms with van der Waals surface area (Å²) >= 11 is 0. The standard InChI is InChI=1S/C14H21NO/c1-2-8-16-14-10-12-5-3-4-11(12)9-13(14)6-7-15/h9-10H,2-8,15H2,1H3. The molecule has 1 aliphatic rings. The van der Waals surface area contributed by atoms with Crippen LogP contribution in [-0.4, -0.2) is 13.2 Å². The van der Waals surface area contributed by atoms with Crippen molar-refractivity contribution < 1.29 is 4.74 Å². The molecular formula is C14H21NO. The maximum Gasteiger partial charge on any atom is 0.122 e. The van der Waals surface area contributed by atoms with Crippen LogP contribution in [0, 0.1) is 0 Å². The van der Waals surface area contributed by atoms with E-state index in [0.717, 1.165) is 25.2 Å². The number of hydrogen-bond acceptors (Lipinski definition) is 2. The van der Waals surface area contributed by atoms with Crippen LogP contribution in [0.4, 0.5) is 0 Å². The second-order valence-electron chi connectivity index (χ2n) is 4.47. The first-order valence-corrected chi connectivity index (χ1v) is 6.32. The van der Waals surface area contributed by atoms with Crippen molar-refractivity contribution in [2.24, 2.45) is 5.73 Å². The predicted molar refractivity (Wildman–Crippen MR) is 67.0 cm³/mol. The van der Waals surface area contributed by atoms with E-state index in [2.05, 4.69) is 19.1 Å². The Morgan fingerprint density at radius 2 is 2.00 bits per heavy atom. The smallest absolute Gasteiger partial charge is 0.122 e. The monoisotopic (exact) mass is 219 g/mol. The molecule has 1 aliphatic carbocycles. The van der Waals surface area contributed by atoms with Crippen LogP contribution in [0.2, 0.25) is 0 Å². The molecule has 0 unspecified atom stereocenters. The third-order valence-corrected chi connectivity index (χ3v) is 3.15. The van der Waals surface area contributed by atoms with Crippen molar-refractivity contribution in [1.82, 2.24) is 0 Å². The number of nitrogens with two attached hydrogens (primary N) is 1. The van der Waals surface area contributed by atoms with Crippen molar-refractivity contribution in [1.29, 1.82) is 0 Å². The quantitative estimate of drug-likeness (QED) is 0.825. The number of fused-ring (bicyclic) bond motifs is 1. The molecule has 2 rings (SSSR count). The lowest BCUT2D eigenvalue weighted by Gasteiger charge is -2.13. The number of hydrogen-bond donors (Lipinski definition) is 1. The van der Waals surface area contributed by atoms with Gasteiger partial charge in [0.15, 0.2) is 0 Å². The van der Waals surface area contributed by atoms with Crippen LogP contribution >= 0.6 is 0 Å². The number of aryl methyl sites for hydroxylation is 2. The molecule has 0 aromatic heterocycles. The zero-order valence-corrected chi connectivity index (χ0v) is 10.1. The average Bonchev–Trinajstić information content (AvgIpc) is 2.73. The van der Waals surface area contributed by atoms with Gasteiger partial charge in [0, 0.05) is 0 Å². The summed E-state index contributed by atoms with van der Waals surface area (Å²) in [6, 6.07) is 4.54. The summed E-state index contributed by atoms with van der Waals surface area (Å²) in [6.07, 6.45) is 5.70. The van der Waals surface area contributed by atoms with E-state index in [1.54, 1.807) is 0 Å². The Balaban J connectivity index is 2.25. The maximum absolute atomic E-state index is 5.81. The Morgan fingerprint density at radius 3 is 2.69 bits per heavy atom. The van der Waals surface area contributed by atoms with Gasteiger partial charge in [0.05, 0.1) is 6.61 Å². The lowest BCUT2D eigenvalue weighted by atomic mass is 10.0. The highest BCUT2D eigenvalue weighted by Gasteiger charge is 2.14. The van der Waals surface area contributed by atoms with Crippen LogP contribution in [0.5, 0.6) is 5.75 Å². The summed E-state index contributed by atoms with van der Waals surface area (Å²) in [7, 11) is 0. The van der Waals surface area contributed by atoms with Gasteiger partial charge in [-0.15, -0.1) is 0 Å². The lowest BCUT2D eigenvalue weighted by Crippen LogP contribution is -2.07. The van der Waals surface area contributed by atoms with Crippen molar-refractivity contribution >= 4 is 0 Å². The third kappa shape index (κ3) is 2.38. The first-order valence-electron chi connectivity index (χ1n) is 6.32. The summed E-state index contributed by atoms with van der Waals surface area (Å²) in [5.41, 5.74) is 9.92. The minimum atomic E-state index is 0.696. The van der Waals surface area contributed by atoms with Crippen LogP contribution in [-0.2, 0) is 19.3 Å². The molecule has 0 saturated carbocycles. The maximum atomic E-state index is 5.81. The summed E-state index contributed by atoms with van der Waals surface area (Å²) in [4.78, 5) is 0. The molecule has 2 heteroatoms. The minimum Gasteiger partial charge on any atom is -0.493 e. The average molecular weight is 219 g/mol. The molecule has 0 heterocycles. The highest BCUT2D eigenvalue weighted by molar-refractivity contribution is 5.45. The van der Waals surface area contributed by atoms with Gasteiger partial charge in [0.2, 0.25) is 0 Å². The van der Waals surface area contributed by atoms with Gasteiger partial charge in [-0.05, 0) is 61.4 Å². The van der Waals surface area contributed by atoms with E-state index in [0.29, 0.717) is 6.54 Å². The van der Waals surface area contributed by atoms with Crippen LogP contribution in [0.3, 0.4) is 0 Å². The fourth-order valence-electron chi connectivity index (χ4n) is 2.35. The van der Waals surface area contributed by atoms with Crippen molar-refractivity contribution in [2.45, 2.75) is 39.0 Å². The molecular weight excluding hydrogens is 198 g/mol. The van der Waals surface area contributed by atoms with Crippen molar-refractivity contribution in [3.05, 3.63) is 28.8 Å². The van der Waals surface area contributed by atoms with E-state index >= 15 is 0 Å². The van der Waals surface area contributed by atoms with Crippen LogP contribution < -0.4 is 10.5 Å². The summed E-state index contributed by atoms with van der Waals surface area (Å²) < 4.78 is 5.81. The fourth-order valence-corrected chi connectivity index (χ4v) is 2.35. The summed E-state index contributed by atoms with van der Waals surface area (Å²) in [5, 5.41) is 0. The van der Waals surface area contributed by atoms with Gasteiger partial charge in [-0.3, -0.25) is 0 Å². The second-order valence-corrected chi connectivity index (χ2v) is 4.47. The molecule has 2 nitrogen and oxygen atoms in total. The predicted octanol–water partition coefficient (Wildman–Crippen LogP) is 2.47. The molecule has 0 radical (unpaired) electrons. The molecule has 16 heavy (non-hydrogen) atoms. The highest BCUT2D eigenvalue weighted by Crippen LogP contribution is 2.30. The Bertz CT molecular complexity index is 360. The highest BCUT2D eigenvalue weighted by atomic mass is 16.5. The molecule has 0 amide bonds. The largest absolute Gasteiger partial charge is 0.493 e. The zero-order chi connectivity index (χ0) is 11.4. The van der Waals surface area contributed by atoms with Crippen LogP contribution in [0.15, 0.2) is 12.1 Å². The first kappa shape index (κ1) is 11.5. The van der Waals surface area contributed by atoms with Gasteiger partial charge in [-0.2, -0.15) is 0 Å². The Kier molecular flexibility index (Phi) is 3.83. The summed E-state index contributed by atoms with van der Waals surface area (Å²) in [6.45, 7) is 3.63. The molecule has 0 saturated heterocycles.